The van der Waals surface area contributed by atoms with Crippen LogP contribution in [0.4, 0.5) is 4.39 Å². The molecule has 1 amide bonds. The van der Waals surface area contributed by atoms with E-state index in [9.17, 15) is 9.18 Å². The lowest BCUT2D eigenvalue weighted by molar-refractivity contribution is -0.123. The maximum absolute atomic E-state index is 12.8. The molecule has 0 saturated carbocycles. The van der Waals surface area contributed by atoms with Crippen molar-refractivity contribution in [2.75, 3.05) is 13.7 Å². The first-order valence-corrected chi connectivity index (χ1v) is 7.54. The molecule has 0 aliphatic rings. The van der Waals surface area contributed by atoms with E-state index in [1.807, 2.05) is 12.1 Å². The van der Waals surface area contributed by atoms with Gasteiger partial charge >= 0.3 is 0 Å². The Morgan fingerprint density at radius 2 is 1.88 bits per heavy atom. The molecule has 0 radical (unpaired) electrons. The molecule has 0 aromatic heterocycles. The second-order valence-electron chi connectivity index (χ2n) is 5.17. The zero-order valence-corrected chi connectivity index (χ0v) is 13.5. The maximum Gasteiger partial charge on any atom is 0.258 e. The van der Waals surface area contributed by atoms with Gasteiger partial charge in [0.25, 0.3) is 5.91 Å². The third kappa shape index (κ3) is 5.12. The lowest BCUT2D eigenvalue weighted by Crippen LogP contribution is -2.28. The van der Waals surface area contributed by atoms with Gasteiger partial charge in [0, 0.05) is 6.54 Å². The van der Waals surface area contributed by atoms with Gasteiger partial charge in [-0.15, -0.1) is 6.58 Å². The van der Waals surface area contributed by atoms with Crippen molar-refractivity contribution in [3.63, 3.8) is 0 Å². The monoisotopic (exact) mass is 329 g/mol. The summed E-state index contributed by atoms with van der Waals surface area (Å²) < 4.78 is 23.6. The summed E-state index contributed by atoms with van der Waals surface area (Å²) in [5.74, 6) is 0.500. The lowest BCUT2D eigenvalue weighted by Gasteiger charge is -2.12. The van der Waals surface area contributed by atoms with Crippen LogP contribution < -0.4 is 14.8 Å². The third-order valence-corrected chi connectivity index (χ3v) is 3.37. The van der Waals surface area contributed by atoms with Crippen molar-refractivity contribution in [3.8, 4) is 11.5 Å². The van der Waals surface area contributed by atoms with E-state index < -0.39 is 0 Å². The van der Waals surface area contributed by atoms with Crippen LogP contribution in [0.15, 0.2) is 55.1 Å². The summed E-state index contributed by atoms with van der Waals surface area (Å²) in [6, 6.07) is 11.5. The second kappa shape index (κ2) is 8.72. The highest BCUT2D eigenvalue weighted by Crippen LogP contribution is 2.28. The minimum Gasteiger partial charge on any atom is -0.493 e. The second-order valence-corrected chi connectivity index (χ2v) is 5.17. The van der Waals surface area contributed by atoms with Gasteiger partial charge in [-0.2, -0.15) is 0 Å². The summed E-state index contributed by atoms with van der Waals surface area (Å²) in [7, 11) is 1.55. The van der Waals surface area contributed by atoms with E-state index in [0.29, 0.717) is 18.0 Å². The van der Waals surface area contributed by atoms with E-state index in [0.717, 1.165) is 17.5 Å². The van der Waals surface area contributed by atoms with Crippen LogP contribution in [0.25, 0.3) is 0 Å². The number of allylic oxidation sites excluding steroid dienone is 1. The highest BCUT2D eigenvalue weighted by molar-refractivity contribution is 5.77. The summed E-state index contributed by atoms with van der Waals surface area (Å²) in [4.78, 5) is 11.9. The molecule has 0 atom stereocenters. The Morgan fingerprint density at radius 3 is 2.54 bits per heavy atom. The van der Waals surface area contributed by atoms with Crippen molar-refractivity contribution < 1.29 is 18.7 Å². The third-order valence-electron chi connectivity index (χ3n) is 3.37. The summed E-state index contributed by atoms with van der Waals surface area (Å²) in [5, 5.41) is 2.72. The molecule has 1 N–H and O–H groups in total. The van der Waals surface area contributed by atoms with Gasteiger partial charge in [-0.3, -0.25) is 4.79 Å². The van der Waals surface area contributed by atoms with Gasteiger partial charge < -0.3 is 14.8 Å². The first-order chi connectivity index (χ1) is 11.6. The number of carbonyl (C=O) groups excluding carboxylic acids is 1. The van der Waals surface area contributed by atoms with E-state index >= 15 is 0 Å². The van der Waals surface area contributed by atoms with E-state index in [1.165, 1.54) is 12.1 Å². The number of hydrogen-bond donors (Lipinski definition) is 1. The molecule has 4 nitrogen and oxygen atoms in total. The van der Waals surface area contributed by atoms with Gasteiger partial charge in [0.15, 0.2) is 18.1 Å². The van der Waals surface area contributed by atoms with Crippen LogP contribution in [0.2, 0.25) is 0 Å². The Bertz CT molecular complexity index is 698. The molecule has 0 unspecified atom stereocenters. The molecule has 0 bridgehead atoms. The van der Waals surface area contributed by atoms with Crippen LogP contribution in [-0.4, -0.2) is 19.6 Å². The van der Waals surface area contributed by atoms with E-state index in [1.54, 1.807) is 31.4 Å². The minimum absolute atomic E-state index is 0.127. The fourth-order valence-corrected chi connectivity index (χ4v) is 2.12. The number of ether oxygens (including phenoxy) is 2. The van der Waals surface area contributed by atoms with Gasteiger partial charge in [0.2, 0.25) is 0 Å². The van der Waals surface area contributed by atoms with Crippen molar-refractivity contribution in [3.05, 3.63) is 72.1 Å². The van der Waals surface area contributed by atoms with Crippen molar-refractivity contribution in [1.82, 2.24) is 5.32 Å². The van der Waals surface area contributed by atoms with Crippen LogP contribution in [0, 0.1) is 5.82 Å². The lowest BCUT2D eigenvalue weighted by atomic mass is 10.1. The van der Waals surface area contributed by atoms with E-state index in [2.05, 4.69) is 11.9 Å². The highest BCUT2D eigenvalue weighted by Gasteiger charge is 2.08. The molecule has 126 valence electrons. The molecule has 0 aliphatic heterocycles. The smallest absolute Gasteiger partial charge is 0.258 e. The zero-order valence-electron chi connectivity index (χ0n) is 13.5. The van der Waals surface area contributed by atoms with Crippen LogP contribution in [0.1, 0.15) is 11.1 Å². The predicted molar refractivity (Wildman–Crippen MR) is 90.6 cm³/mol. The molecule has 2 rings (SSSR count). The molecular weight excluding hydrogens is 309 g/mol. The summed E-state index contributed by atoms with van der Waals surface area (Å²) in [5.41, 5.74) is 1.87. The largest absolute Gasteiger partial charge is 0.493 e. The SMILES string of the molecule is C=CCc1ccc(OCC(=O)NCc2ccc(F)cc2)c(OC)c1. The molecule has 5 heteroatoms. The number of rotatable bonds is 8. The van der Waals surface area contributed by atoms with Gasteiger partial charge in [0.1, 0.15) is 5.82 Å². The molecule has 0 fully saturated rings. The van der Waals surface area contributed by atoms with Crippen molar-refractivity contribution in [1.29, 1.82) is 0 Å². The van der Waals surface area contributed by atoms with Crippen molar-refractivity contribution in [2.24, 2.45) is 0 Å². The number of carbonyl (C=O) groups is 1. The molecule has 0 heterocycles. The van der Waals surface area contributed by atoms with Crippen LogP contribution in [0.5, 0.6) is 11.5 Å². The summed E-state index contributed by atoms with van der Waals surface area (Å²) in [6.45, 7) is 3.89. The minimum atomic E-state index is -0.305. The van der Waals surface area contributed by atoms with Crippen molar-refractivity contribution >= 4 is 5.91 Å². The molecule has 2 aromatic rings. The Balaban J connectivity index is 1.86. The molecule has 0 aliphatic carbocycles. The standard InChI is InChI=1S/C19H20FNO3/c1-3-4-14-7-10-17(18(11-14)23-2)24-13-19(22)21-12-15-5-8-16(20)9-6-15/h3,5-11H,1,4,12-13H2,2H3,(H,21,22). The Morgan fingerprint density at radius 1 is 1.17 bits per heavy atom. The fraction of sp³-hybridized carbons (Fsp3) is 0.211. The molecule has 24 heavy (non-hydrogen) atoms. The van der Waals surface area contributed by atoms with Gasteiger partial charge in [-0.25, -0.2) is 4.39 Å². The summed E-state index contributed by atoms with van der Waals surface area (Å²) in [6.07, 6.45) is 2.53. The maximum atomic E-state index is 12.8. The molecule has 0 spiro atoms. The average molecular weight is 329 g/mol. The van der Waals surface area contributed by atoms with E-state index in [4.69, 9.17) is 9.47 Å². The average Bonchev–Trinajstić information content (AvgIpc) is 2.60. The Hall–Kier alpha value is -2.82. The number of benzene rings is 2. The van der Waals surface area contributed by atoms with Crippen LogP contribution >= 0.6 is 0 Å². The number of amides is 1. The predicted octanol–water partition coefficient (Wildman–Crippen LogP) is 3.26. The first-order valence-electron chi connectivity index (χ1n) is 7.54. The number of methoxy groups -OCH3 is 1. The number of hydrogen-bond acceptors (Lipinski definition) is 3. The number of halogens is 1. The van der Waals surface area contributed by atoms with Gasteiger partial charge in [-0.1, -0.05) is 24.3 Å². The van der Waals surface area contributed by atoms with Crippen molar-refractivity contribution in [2.45, 2.75) is 13.0 Å². The van der Waals surface area contributed by atoms with E-state index in [-0.39, 0.29) is 18.3 Å². The first kappa shape index (κ1) is 17.5. The molecule has 2 aromatic carbocycles. The normalized spacial score (nSPS) is 10.1. The fourth-order valence-electron chi connectivity index (χ4n) is 2.12. The van der Waals surface area contributed by atoms with Crippen LogP contribution in [-0.2, 0) is 17.8 Å². The molecular formula is C19H20FNO3. The zero-order chi connectivity index (χ0) is 17.4. The molecule has 0 saturated heterocycles. The van der Waals surface area contributed by atoms with Crippen LogP contribution in [0.3, 0.4) is 0 Å². The number of nitrogens with one attached hydrogen (secondary N) is 1. The van der Waals surface area contributed by atoms with Gasteiger partial charge in [-0.05, 0) is 41.8 Å². The highest BCUT2D eigenvalue weighted by atomic mass is 19.1. The topological polar surface area (TPSA) is 47.6 Å². The van der Waals surface area contributed by atoms with Gasteiger partial charge in [0.05, 0.1) is 7.11 Å². The summed E-state index contributed by atoms with van der Waals surface area (Å²) >= 11 is 0. The quantitative estimate of drug-likeness (QED) is 0.756. The Kier molecular flexibility index (Phi) is 6.37. The Labute approximate surface area is 140 Å².